The first-order valence-electron chi connectivity index (χ1n) is 13.7. The van der Waals surface area contributed by atoms with Gasteiger partial charge in [0, 0.05) is 44.3 Å². The van der Waals surface area contributed by atoms with Crippen LogP contribution in [0.25, 0.3) is 27.6 Å². The number of hydrogen-bond donors (Lipinski definition) is 0. The fourth-order valence-electron chi connectivity index (χ4n) is 5.57. The molecule has 206 valence electrons. The molecule has 5 nitrogen and oxygen atoms in total. The van der Waals surface area contributed by atoms with E-state index in [-0.39, 0.29) is 26.5 Å². The number of nitrogens with zero attached hydrogens (tertiary/aromatic N) is 4. The number of fused-ring (bicyclic) bond motifs is 4. The smallest absolute Gasteiger partial charge is 0.135 e. The first kappa shape index (κ1) is 26.7. The molecule has 0 unspecified atom stereocenters. The van der Waals surface area contributed by atoms with Crippen LogP contribution in [0.3, 0.4) is 0 Å². The van der Waals surface area contributed by atoms with E-state index in [4.69, 9.17) is 9.72 Å². The summed E-state index contributed by atoms with van der Waals surface area (Å²) in [6, 6.07) is 29.9. The molecule has 3 aromatic carbocycles. The van der Waals surface area contributed by atoms with Gasteiger partial charge in [-0.15, -0.1) is 41.4 Å². The summed E-state index contributed by atoms with van der Waals surface area (Å²) in [4.78, 5) is 9.26. The maximum absolute atomic E-state index is 6.35. The van der Waals surface area contributed by atoms with Gasteiger partial charge in [0.25, 0.3) is 0 Å². The van der Waals surface area contributed by atoms with Gasteiger partial charge < -0.3 is 19.1 Å². The van der Waals surface area contributed by atoms with Crippen LogP contribution in [0.5, 0.6) is 11.5 Å². The molecule has 1 fully saturated rings. The Hall–Kier alpha value is -3.56. The molecule has 0 amide bonds. The number of anilines is 1. The molecule has 0 aliphatic carbocycles. The molecule has 0 atom stereocenters. The van der Waals surface area contributed by atoms with Crippen LogP contribution in [0, 0.1) is 18.8 Å². The molecule has 0 bridgehead atoms. The van der Waals surface area contributed by atoms with E-state index in [1.807, 2.05) is 24.4 Å². The molecule has 40 heavy (non-hydrogen) atoms. The molecule has 2 aliphatic rings. The van der Waals surface area contributed by atoms with Gasteiger partial charge in [0.05, 0.1) is 0 Å². The molecule has 4 heterocycles. The molecule has 2 aliphatic heterocycles. The van der Waals surface area contributed by atoms with Crippen molar-refractivity contribution in [2.75, 3.05) is 11.4 Å². The summed E-state index contributed by atoms with van der Waals surface area (Å²) in [6.45, 7) is 9.92. The summed E-state index contributed by atoms with van der Waals surface area (Å²) in [7, 11) is 0. The van der Waals surface area contributed by atoms with E-state index in [9.17, 15) is 0 Å². The second kappa shape index (κ2) is 10.4. The minimum atomic E-state index is 0. The van der Waals surface area contributed by atoms with Crippen molar-refractivity contribution in [3.63, 3.8) is 0 Å². The molecule has 1 saturated heterocycles. The molecule has 0 spiro atoms. The van der Waals surface area contributed by atoms with Crippen LogP contribution in [-0.4, -0.2) is 21.0 Å². The van der Waals surface area contributed by atoms with Gasteiger partial charge in [-0.2, -0.15) is 18.8 Å². The van der Waals surface area contributed by atoms with Gasteiger partial charge in [0.1, 0.15) is 5.82 Å². The topological polar surface area (TPSA) is 33.5 Å². The van der Waals surface area contributed by atoms with E-state index in [1.54, 1.807) is 0 Å². The predicted molar refractivity (Wildman–Crippen MR) is 157 cm³/mol. The zero-order chi connectivity index (χ0) is 26.6. The number of ether oxygens (including phenoxy) is 1. The van der Waals surface area contributed by atoms with Gasteiger partial charge in [-0.1, -0.05) is 44.5 Å². The van der Waals surface area contributed by atoms with Crippen LogP contribution in [0.15, 0.2) is 84.8 Å². The minimum absolute atomic E-state index is 0. The Morgan fingerprint density at radius 2 is 1.75 bits per heavy atom. The summed E-state index contributed by atoms with van der Waals surface area (Å²) in [5, 5.41) is 2.29. The molecule has 0 N–H and O–H groups in total. The monoisotopic (exact) mass is 706 g/mol. The Morgan fingerprint density at radius 1 is 0.900 bits per heavy atom. The Bertz CT molecular complexity index is 1730. The van der Waals surface area contributed by atoms with Crippen molar-refractivity contribution in [2.24, 2.45) is 0 Å². The van der Waals surface area contributed by atoms with Gasteiger partial charge in [-0.25, -0.2) is 4.98 Å². The molecule has 7 rings (SSSR count). The second-order valence-electron chi connectivity index (χ2n) is 11.4. The normalized spacial score (nSPS) is 15.2. The van der Waals surface area contributed by atoms with Crippen LogP contribution < -0.4 is 9.64 Å². The maximum atomic E-state index is 6.35. The van der Waals surface area contributed by atoms with E-state index in [1.165, 1.54) is 29.5 Å². The van der Waals surface area contributed by atoms with Gasteiger partial charge >= 0.3 is 0 Å². The number of para-hydroxylation sites is 1. The fraction of sp³-hybridized carbons (Fsp3) is 0.235. The predicted octanol–water partition coefficient (Wildman–Crippen LogP) is 8.13. The van der Waals surface area contributed by atoms with E-state index in [0.717, 1.165) is 40.9 Å². The summed E-state index contributed by atoms with van der Waals surface area (Å²) in [6.07, 6.45) is 7.72. The van der Waals surface area contributed by atoms with Gasteiger partial charge in [-0.05, 0) is 72.3 Å². The molecular formula is C34H31N4OPt-3. The van der Waals surface area contributed by atoms with Gasteiger partial charge in [-0.3, -0.25) is 0 Å². The molecule has 2 aromatic heterocycles. The van der Waals surface area contributed by atoms with Crippen molar-refractivity contribution in [1.29, 1.82) is 0 Å². The van der Waals surface area contributed by atoms with E-state index >= 15 is 0 Å². The van der Waals surface area contributed by atoms with Crippen LogP contribution in [0.1, 0.15) is 45.6 Å². The molecule has 6 heteroatoms. The zero-order valence-corrected chi connectivity index (χ0v) is 25.2. The Morgan fingerprint density at radius 3 is 2.60 bits per heavy atom. The number of rotatable bonds is 4. The average Bonchev–Trinajstić information content (AvgIpc) is 3.52. The number of hydrogen-bond acceptors (Lipinski definition) is 4. The largest absolute Gasteiger partial charge is 0.509 e. The standard InChI is InChI=1S/C34H31N4O.Pt/c1-34(2,3)24-16-17-35-33(19-24)38-31-13-5-4-12-29(31)30-15-14-28(21-32(30)38)39-27-11-8-10-25(20-27)37-22-26-9-6-7-18-36(26)23-37;/h4-5,8,10-17,19,22-23H,6-7,9,18H2,1-3H3;/q-3;. The van der Waals surface area contributed by atoms with Crippen LogP contribution >= 0.6 is 0 Å². The van der Waals surface area contributed by atoms with Crippen molar-refractivity contribution < 1.29 is 25.8 Å². The number of aromatic nitrogens is 2. The maximum Gasteiger partial charge on any atom is 0.135 e. The van der Waals surface area contributed by atoms with Gasteiger partial charge in [0.15, 0.2) is 0 Å². The van der Waals surface area contributed by atoms with E-state index in [0.29, 0.717) is 11.5 Å². The molecular weight excluding hydrogens is 675 g/mol. The third kappa shape index (κ3) is 4.81. The first-order chi connectivity index (χ1) is 18.9. The van der Waals surface area contributed by atoms with Crippen molar-refractivity contribution >= 4 is 27.5 Å². The Kier molecular flexibility index (Phi) is 6.96. The summed E-state index contributed by atoms with van der Waals surface area (Å²) < 4.78 is 8.54. The zero-order valence-electron chi connectivity index (χ0n) is 22.9. The van der Waals surface area contributed by atoms with Crippen LogP contribution in [-0.2, 0) is 26.5 Å². The summed E-state index contributed by atoms with van der Waals surface area (Å²) >= 11 is 0. The quantitative estimate of drug-likeness (QED) is 0.177. The number of allylic oxidation sites excluding steroid dienone is 1. The van der Waals surface area contributed by atoms with Crippen LogP contribution in [0.4, 0.5) is 5.69 Å². The fourth-order valence-corrected chi connectivity index (χ4v) is 5.57. The number of pyridine rings is 1. The van der Waals surface area contributed by atoms with Crippen molar-refractivity contribution in [3.8, 4) is 17.3 Å². The Labute approximate surface area is 250 Å². The number of piperidine rings is 1. The first-order valence-corrected chi connectivity index (χ1v) is 13.7. The van der Waals surface area contributed by atoms with Crippen LogP contribution in [0.2, 0.25) is 0 Å². The van der Waals surface area contributed by atoms with Crippen molar-refractivity contribution in [2.45, 2.75) is 45.4 Å². The van der Waals surface area contributed by atoms with Crippen molar-refractivity contribution in [1.82, 2.24) is 14.5 Å². The third-order valence-corrected chi connectivity index (χ3v) is 7.65. The van der Waals surface area contributed by atoms with Crippen molar-refractivity contribution in [3.05, 3.63) is 109 Å². The summed E-state index contributed by atoms with van der Waals surface area (Å²) in [5.74, 6) is 2.19. The number of benzene rings is 3. The Balaban J connectivity index is 0.00000289. The van der Waals surface area contributed by atoms with E-state index in [2.05, 4.69) is 109 Å². The molecule has 0 saturated carbocycles. The SMILES string of the molecule is CC(C)(C)c1ccnc(-n2c3[c-]c(Oc4[c-]c(N5C=C6CCCCN6[CH-]5)ccc4)ccc3c3ccccc32)c1.[Pt]. The summed E-state index contributed by atoms with van der Waals surface area (Å²) in [5.41, 5.74) is 5.64. The average molecular weight is 707 g/mol. The molecule has 0 radical (unpaired) electrons. The van der Waals surface area contributed by atoms with E-state index < -0.39 is 0 Å². The van der Waals surface area contributed by atoms with Gasteiger partial charge in [0.2, 0.25) is 0 Å². The third-order valence-electron chi connectivity index (χ3n) is 7.65. The molecule has 5 aromatic rings. The second-order valence-corrected chi connectivity index (χ2v) is 11.4. The minimum Gasteiger partial charge on any atom is -0.509 e.